The highest BCUT2D eigenvalue weighted by Gasteiger charge is 2.28. The van der Waals surface area contributed by atoms with Crippen LogP contribution >= 0.6 is 11.6 Å². The number of benzene rings is 2. The van der Waals surface area contributed by atoms with Gasteiger partial charge in [0, 0.05) is 36.6 Å². The van der Waals surface area contributed by atoms with Gasteiger partial charge in [-0.3, -0.25) is 9.59 Å². The minimum absolute atomic E-state index is 0.0204. The molecule has 0 atom stereocenters. The molecule has 0 aromatic heterocycles. The summed E-state index contributed by atoms with van der Waals surface area (Å²) in [5.74, 6) is 1.27. The number of fused-ring (bicyclic) bond motifs is 1. The monoisotopic (exact) mass is 414 g/mol. The van der Waals surface area contributed by atoms with Crippen molar-refractivity contribution in [2.45, 2.75) is 26.3 Å². The SMILES string of the molecule is CCN(Cc1cccc2c1OCCO2)C(=O)c1ccc(Cl)cc1N1CCCC1=O. The second kappa shape index (κ2) is 8.33. The summed E-state index contributed by atoms with van der Waals surface area (Å²) in [6.45, 7) is 4.44. The Morgan fingerprint density at radius 2 is 2.03 bits per heavy atom. The van der Waals surface area contributed by atoms with Crippen LogP contribution in [0.15, 0.2) is 36.4 Å². The van der Waals surface area contributed by atoms with Crippen LogP contribution in [-0.4, -0.2) is 43.0 Å². The van der Waals surface area contributed by atoms with Crippen molar-refractivity contribution < 1.29 is 19.1 Å². The molecule has 6 nitrogen and oxygen atoms in total. The van der Waals surface area contributed by atoms with Crippen LogP contribution in [-0.2, 0) is 11.3 Å². The minimum Gasteiger partial charge on any atom is -0.486 e. The van der Waals surface area contributed by atoms with E-state index in [1.54, 1.807) is 28.0 Å². The molecular weight excluding hydrogens is 392 g/mol. The lowest BCUT2D eigenvalue weighted by Crippen LogP contribution is -2.33. The van der Waals surface area contributed by atoms with Gasteiger partial charge in [0.15, 0.2) is 11.5 Å². The lowest BCUT2D eigenvalue weighted by atomic mass is 10.1. The van der Waals surface area contributed by atoms with Crippen molar-refractivity contribution in [3.05, 3.63) is 52.5 Å². The molecule has 0 spiro atoms. The summed E-state index contributed by atoms with van der Waals surface area (Å²) in [4.78, 5) is 29.1. The fourth-order valence-electron chi connectivity index (χ4n) is 3.77. The highest BCUT2D eigenvalue weighted by Crippen LogP contribution is 2.35. The van der Waals surface area contributed by atoms with Gasteiger partial charge < -0.3 is 19.3 Å². The molecule has 0 radical (unpaired) electrons. The van der Waals surface area contributed by atoms with E-state index in [2.05, 4.69) is 0 Å². The maximum absolute atomic E-state index is 13.4. The summed E-state index contributed by atoms with van der Waals surface area (Å²) in [6, 6.07) is 10.8. The predicted molar refractivity (Wildman–Crippen MR) is 111 cm³/mol. The maximum atomic E-state index is 13.4. The first-order valence-electron chi connectivity index (χ1n) is 9.85. The van der Waals surface area contributed by atoms with Gasteiger partial charge in [-0.05, 0) is 37.6 Å². The Morgan fingerprint density at radius 1 is 1.21 bits per heavy atom. The molecule has 152 valence electrons. The van der Waals surface area contributed by atoms with Crippen molar-refractivity contribution in [2.75, 3.05) is 31.2 Å². The molecular formula is C22H23ClN2O4. The highest BCUT2D eigenvalue weighted by atomic mass is 35.5. The van der Waals surface area contributed by atoms with Gasteiger partial charge in [-0.25, -0.2) is 0 Å². The number of hydrogen-bond acceptors (Lipinski definition) is 4. The summed E-state index contributed by atoms with van der Waals surface area (Å²) in [7, 11) is 0. The van der Waals surface area contributed by atoms with Crippen LogP contribution < -0.4 is 14.4 Å². The summed E-state index contributed by atoms with van der Waals surface area (Å²) in [5.41, 5.74) is 1.96. The smallest absolute Gasteiger partial charge is 0.256 e. The molecule has 2 amide bonds. The van der Waals surface area contributed by atoms with Crippen LogP contribution in [0.5, 0.6) is 11.5 Å². The summed E-state index contributed by atoms with van der Waals surface area (Å²) in [5, 5.41) is 0.502. The molecule has 0 N–H and O–H groups in total. The van der Waals surface area contributed by atoms with E-state index in [0.29, 0.717) is 67.0 Å². The van der Waals surface area contributed by atoms with Crippen LogP contribution in [0.25, 0.3) is 0 Å². The van der Waals surface area contributed by atoms with Crippen molar-refractivity contribution in [2.24, 2.45) is 0 Å². The minimum atomic E-state index is -0.145. The second-order valence-electron chi connectivity index (χ2n) is 7.07. The number of amides is 2. The van der Waals surface area contributed by atoms with E-state index < -0.39 is 0 Å². The lowest BCUT2D eigenvalue weighted by molar-refractivity contribution is -0.117. The van der Waals surface area contributed by atoms with Gasteiger partial charge in [0.25, 0.3) is 5.91 Å². The van der Waals surface area contributed by atoms with Gasteiger partial charge in [0.2, 0.25) is 5.91 Å². The Kier molecular flexibility index (Phi) is 5.62. The second-order valence-corrected chi connectivity index (χ2v) is 7.51. The third-order valence-corrected chi connectivity index (χ3v) is 5.47. The number of carbonyl (C=O) groups excluding carboxylic acids is 2. The van der Waals surface area contributed by atoms with Gasteiger partial charge in [-0.1, -0.05) is 23.7 Å². The zero-order valence-corrected chi connectivity index (χ0v) is 17.1. The zero-order chi connectivity index (χ0) is 20.4. The Bertz CT molecular complexity index is 946. The molecule has 7 heteroatoms. The van der Waals surface area contributed by atoms with Crippen molar-refractivity contribution in [3.63, 3.8) is 0 Å². The topological polar surface area (TPSA) is 59.1 Å². The van der Waals surface area contributed by atoms with Gasteiger partial charge in [-0.15, -0.1) is 0 Å². The molecule has 29 heavy (non-hydrogen) atoms. The fraction of sp³-hybridized carbons (Fsp3) is 0.364. The van der Waals surface area contributed by atoms with E-state index >= 15 is 0 Å². The van der Waals surface area contributed by atoms with Crippen LogP contribution in [0.2, 0.25) is 5.02 Å². The van der Waals surface area contributed by atoms with E-state index in [9.17, 15) is 9.59 Å². The van der Waals surface area contributed by atoms with Crippen molar-refractivity contribution in [1.82, 2.24) is 4.90 Å². The Morgan fingerprint density at radius 3 is 2.79 bits per heavy atom. The Balaban J connectivity index is 1.64. The molecule has 2 aliphatic heterocycles. The molecule has 4 rings (SSSR count). The first-order chi connectivity index (χ1) is 14.1. The molecule has 0 unspecified atom stereocenters. The van der Waals surface area contributed by atoms with E-state index in [1.807, 2.05) is 25.1 Å². The zero-order valence-electron chi connectivity index (χ0n) is 16.3. The van der Waals surface area contributed by atoms with Gasteiger partial charge >= 0.3 is 0 Å². The van der Waals surface area contributed by atoms with Crippen LogP contribution in [0.3, 0.4) is 0 Å². The molecule has 0 aliphatic carbocycles. The first-order valence-corrected chi connectivity index (χ1v) is 10.2. The molecule has 2 aliphatic rings. The molecule has 2 aromatic carbocycles. The third-order valence-electron chi connectivity index (χ3n) is 5.23. The van der Waals surface area contributed by atoms with E-state index in [-0.39, 0.29) is 11.8 Å². The number of nitrogens with zero attached hydrogens (tertiary/aromatic N) is 2. The van der Waals surface area contributed by atoms with Crippen molar-refractivity contribution in [3.8, 4) is 11.5 Å². The normalized spacial score (nSPS) is 15.5. The number of rotatable bonds is 5. The number of hydrogen-bond donors (Lipinski definition) is 0. The fourth-order valence-corrected chi connectivity index (χ4v) is 3.94. The lowest BCUT2D eigenvalue weighted by Gasteiger charge is -2.27. The quantitative estimate of drug-likeness (QED) is 0.744. The number of halogens is 1. The van der Waals surface area contributed by atoms with Gasteiger partial charge in [0.1, 0.15) is 13.2 Å². The van der Waals surface area contributed by atoms with Crippen LogP contribution in [0.1, 0.15) is 35.7 Å². The molecule has 1 fully saturated rings. The number of ether oxygens (including phenoxy) is 2. The molecule has 0 saturated carbocycles. The average molecular weight is 415 g/mol. The van der Waals surface area contributed by atoms with Crippen LogP contribution in [0.4, 0.5) is 5.69 Å². The standard InChI is InChI=1S/C22H23ClN2O4/c1-2-24(14-15-5-3-6-19-21(15)29-12-11-28-19)22(27)17-9-8-16(23)13-18(17)25-10-4-7-20(25)26/h3,5-6,8-9,13H,2,4,7,10-12,14H2,1H3. The Labute approximate surface area is 174 Å². The summed E-state index contributed by atoms with van der Waals surface area (Å²) >= 11 is 6.18. The van der Waals surface area contributed by atoms with Crippen molar-refractivity contribution >= 4 is 29.1 Å². The number of carbonyl (C=O) groups is 2. The average Bonchev–Trinajstić information content (AvgIpc) is 3.17. The Hall–Kier alpha value is -2.73. The van der Waals surface area contributed by atoms with E-state index in [1.165, 1.54) is 0 Å². The number of anilines is 1. The van der Waals surface area contributed by atoms with Gasteiger partial charge in [0.05, 0.1) is 11.3 Å². The van der Waals surface area contributed by atoms with Crippen molar-refractivity contribution in [1.29, 1.82) is 0 Å². The van der Waals surface area contributed by atoms with E-state index in [0.717, 1.165) is 12.0 Å². The largest absolute Gasteiger partial charge is 0.486 e. The first kappa shape index (κ1) is 19.6. The van der Waals surface area contributed by atoms with Gasteiger partial charge in [-0.2, -0.15) is 0 Å². The van der Waals surface area contributed by atoms with E-state index in [4.69, 9.17) is 21.1 Å². The molecule has 1 saturated heterocycles. The maximum Gasteiger partial charge on any atom is 0.256 e. The molecule has 2 aromatic rings. The summed E-state index contributed by atoms with van der Waals surface area (Å²) in [6.07, 6.45) is 1.27. The van der Waals surface area contributed by atoms with Crippen LogP contribution in [0, 0.1) is 0 Å². The third kappa shape index (κ3) is 3.90. The predicted octanol–water partition coefficient (Wildman–Crippen LogP) is 3.90. The highest BCUT2D eigenvalue weighted by molar-refractivity contribution is 6.31. The summed E-state index contributed by atoms with van der Waals surface area (Å²) < 4.78 is 11.4. The molecule has 2 heterocycles. The molecule has 0 bridgehead atoms. The number of para-hydroxylation sites is 1.